The maximum atomic E-state index is 12.6. The molecule has 0 bridgehead atoms. The number of benzene rings is 2. The number of amidine groups is 1. The van der Waals surface area contributed by atoms with Gasteiger partial charge in [0, 0.05) is 22.2 Å². The van der Waals surface area contributed by atoms with Crippen molar-refractivity contribution in [3.05, 3.63) is 63.0 Å². The average Bonchev–Trinajstić information content (AvgIpc) is 2.88. The first-order chi connectivity index (χ1) is 12.0. The maximum Gasteiger partial charge on any atom is 0.266 e. The van der Waals surface area contributed by atoms with Gasteiger partial charge in [-0.1, -0.05) is 29.3 Å². The van der Waals surface area contributed by atoms with Crippen molar-refractivity contribution in [1.82, 2.24) is 4.90 Å². The number of rotatable bonds is 3. The molecule has 0 atom stereocenters. The number of amides is 1. The van der Waals surface area contributed by atoms with Gasteiger partial charge >= 0.3 is 0 Å². The third-order valence-electron chi connectivity index (χ3n) is 3.55. The van der Waals surface area contributed by atoms with Crippen LogP contribution in [0.5, 0.6) is 5.75 Å². The predicted octanol–water partition coefficient (Wildman–Crippen LogP) is 5.32. The van der Waals surface area contributed by atoms with Crippen molar-refractivity contribution in [3.8, 4) is 5.75 Å². The Bertz CT molecular complexity index is 859. The quantitative estimate of drug-likeness (QED) is 0.718. The Balaban J connectivity index is 1.97. The number of nitrogens with zero attached hydrogens (tertiary/aromatic N) is 2. The Morgan fingerprint density at radius 1 is 1.16 bits per heavy atom. The van der Waals surface area contributed by atoms with E-state index >= 15 is 0 Å². The zero-order chi connectivity index (χ0) is 18.0. The standard InChI is InChI=1S/C18H14Cl2N2O2S/c1-2-22-17(24)16(10-13-14(19)4-3-5-15(13)20)25-18(22)21-11-6-8-12(23)9-7-11/h3-10,23H,2H2,1H3/b16-10-,21-18?. The summed E-state index contributed by atoms with van der Waals surface area (Å²) in [5.41, 5.74) is 1.27. The highest BCUT2D eigenvalue weighted by atomic mass is 35.5. The molecule has 0 spiro atoms. The number of halogens is 2. The Morgan fingerprint density at radius 3 is 2.40 bits per heavy atom. The topological polar surface area (TPSA) is 52.9 Å². The molecule has 128 valence electrons. The molecule has 1 aliphatic rings. The lowest BCUT2D eigenvalue weighted by Crippen LogP contribution is -2.28. The fourth-order valence-electron chi connectivity index (χ4n) is 2.29. The number of phenols is 1. The summed E-state index contributed by atoms with van der Waals surface area (Å²) in [5, 5.41) is 10.9. The first-order valence-electron chi connectivity index (χ1n) is 7.52. The fourth-order valence-corrected chi connectivity index (χ4v) is 3.84. The van der Waals surface area contributed by atoms with Crippen LogP contribution < -0.4 is 0 Å². The van der Waals surface area contributed by atoms with Crippen LogP contribution in [0, 0.1) is 0 Å². The van der Waals surface area contributed by atoms with Crippen LogP contribution in [0.25, 0.3) is 6.08 Å². The normalized spacial score (nSPS) is 17.7. The fraction of sp³-hybridized carbons (Fsp3) is 0.111. The van der Waals surface area contributed by atoms with Crippen LogP contribution in [-0.4, -0.2) is 27.6 Å². The molecule has 0 aliphatic carbocycles. The van der Waals surface area contributed by atoms with Crippen LogP contribution >= 0.6 is 35.0 Å². The number of phenolic OH excluding ortho intramolecular Hbond substituents is 1. The highest BCUT2D eigenvalue weighted by molar-refractivity contribution is 8.18. The molecule has 2 aromatic carbocycles. The van der Waals surface area contributed by atoms with E-state index in [2.05, 4.69) is 4.99 Å². The summed E-state index contributed by atoms with van der Waals surface area (Å²) in [5.74, 6) is 0.0291. The molecule has 7 heteroatoms. The minimum absolute atomic E-state index is 0.138. The van der Waals surface area contributed by atoms with Gasteiger partial charge in [-0.15, -0.1) is 0 Å². The Labute approximate surface area is 159 Å². The zero-order valence-electron chi connectivity index (χ0n) is 13.2. The number of thioether (sulfide) groups is 1. The number of hydrogen-bond acceptors (Lipinski definition) is 4. The lowest BCUT2D eigenvalue weighted by molar-refractivity contribution is -0.122. The molecule has 1 heterocycles. The summed E-state index contributed by atoms with van der Waals surface area (Å²) in [7, 11) is 0. The number of carbonyl (C=O) groups excluding carboxylic acids is 1. The molecule has 0 aromatic heterocycles. The van der Waals surface area contributed by atoms with E-state index in [1.54, 1.807) is 53.4 Å². The van der Waals surface area contributed by atoms with Crippen LogP contribution in [0.2, 0.25) is 10.0 Å². The Morgan fingerprint density at radius 2 is 1.80 bits per heavy atom. The molecule has 1 amide bonds. The van der Waals surface area contributed by atoms with Gasteiger partial charge in [-0.3, -0.25) is 9.69 Å². The summed E-state index contributed by atoms with van der Waals surface area (Å²) < 4.78 is 0. The molecule has 1 N–H and O–H groups in total. The third kappa shape index (κ3) is 3.84. The number of aliphatic imine (C=N–C) groups is 1. The van der Waals surface area contributed by atoms with Gasteiger partial charge in [0.25, 0.3) is 5.91 Å². The van der Waals surface area contributed by atoms with Crippen molar-refractivity contribution in [2.45, 2.75) is 6.92 Å². The van der Waals surface area contributed by atoms with Gasteiger partial charge in [0.05, 0.1) is 10.6 Å². The second-order valence-corrected chi connectivity index (χ2v) is 7.03. The van der Waals surface area contributed by atoms with E-state index in [0.29, 0.717) is 37.9 Å². The monoisotopic (exact) mass is 392 g/mol. The minimum Gasteiger partial charge on any atom is -0.508 e. The molecule has 1 saturated heterocycles. The van der Waals surface area contributed by atoms with Gasteiger partial charge in [-0.2, -0.15) is 0 Å². The first-order valence-corrected chi connectivity index (χ1v) is 9.10. The summed E-state index contributed by atoms with van der Waals surface area (Å²) in [6.07, 6.45) is 1.69. The van der Waals surface area contributed by atoms with Crippen LogP contribution in [0.15, 0.2) is 52.4 Å². The first kappa shape index (κ1) is 17.9. The summed E-state index contributed by atoms with van der Waals surface area (Å²) in [6.45, 7) is 2.38. The second kappa shape index (κ2) is 7.52. The molecule has 0 radical (unpaired) electrons. The molecule has 0 unspecified atom stereocenters. The smallest absolute Gasteiger partial charge is 0.266 e. The van der Waals surface area contributed by atoms with Crippen molar-refractivity contribution in [3.63, 3.8) is 0 Å². The van der Waals surface area contributed by atoms with Gasteiger partial charge < -0.3 is 5.11 Å². The van der Waals surface area contributed by atoms with E-state index in [1.807, 2.05) is 6.92 Å². The van der Waals surface area contributed by atoms with Gasteiger partial charge in [0.2, 0.25) is 0 Å². The van der Waals surface area contributed by atoms with E-state index in [0.717, 1.165) is 0 Å². The van der Waals surface area contributed by atoms with Crippen LogP contribution in [0.1, 0.15) is 12.5 Å². The van der Waals surface area contributed by atoms with E-state index in [4.69, 9.17) is 23.2 Å². The van der Waals surface area contributed by atoms with E-state index in [9.17, 15) is 9.90 Å². The zero-order valence-corrected chi connectivity index (χ0v) is 15.6. The summed E-state index contributed by atoms with van der Waals surface area (Å²) in [6, 6.07) is 11.7. The number of aromatic hydroxyl groups is 1. The van der Waals surface area contributed by atoms with Crippen LogP contribution in [0.3, 0.4) is 0 Å². The molecular weight excluding hydrogens is 379 g/mol. The van der Waals surface area contributed by atoms with Gasteiger partial charge in [0.15, 0.2) is 5.17 Å². The second-order valence-electron chi connectivity index (χ2n) is 5.21. The largest absolute Gasteiger partial charge is 0.508 e. The molecule has 4 nitrogen and oxygen atoms in total. The number of hydrogen-bond donors (Lipinski definition) is 1. The minimum atomic E-state index is -0.138. The molecule has 1 aliphatic heterocycles. The van der Waals surface area contributed by atoms with Crippen molar-refractivity contribution >= 4 is 57.8 Å². The molecule has 1 fully saturated rings. The molecular formula is C18H14Cl2N2O2S. The molecule has 2 aromatic rings. The lowest BCUT2D eigenvalue weighted by atomic mass is 10.2. The predicted molar refractivity (Wildman–Crippen MR) is 105 cm³/mol. The Kier molecular flexibility index (Phi) is 5.37. The molecule has 25 heavy (non-hydrogen) atoms. The number of carbonyl (C=O) groups is 1. The summed E-state index contributed by atoms with van der Waals surface area (Å²) in [4.78, 5) is 19.3. The van der Waals surface area contributed by atoms with E-state index in [-0.39, 0.29) is 11.7 Å². The number of likely N-dealkylation sites (N-methyl/N-ethyl adjacent to an activating group) is 1. The van der Waals surface area contributed by atoms with Crippen molar-refractivity contribution < 1.29 is 9.90 Å². The molecule has 3 rings (SSSR count). The SMILES string of the molecule is CCN1C(=O)/C(=C/c2c(Cl)cccc2Cl)SC1=Nc1ccc(O)cc1. The van der Waals surface area contributed by atoms with Crippen LogP contribution in [0.4, 0.5) is 5.69 Å². The highest BCUT2D eigenvalue weighted by Crippen LogP contribution is 2.36. The lowest BCUT2D eigenvalue weighted by Gasteiger charge is -2.12. The van der Waals surface area contributed by atoms with Gasteiger partial charge in [0.1, 0.15) is 5.75 Å². The highest BCUT2D eigenvalue weighted by Gasteiger charge is 2.32. The van der Waals surface area contributed by atoms with E-state index in [1.165, 1.54) is 11.8 Å². The van der Waals surface area contributed by atoms with Gasteiger partial charge in [-0.05, 0) is 61.2 Å². The van der Waals surface area contributed by atoms with Crippen molar-refractivity contribution in [1.29, 1.82) is 0 Å². The summed E-state index contributed by atoms with van der Waals surface area (Å²) >= 11 is 13.7. The van der Waals surface area contributed by atoms with Crippen LogP contribution in [-0.2, 0) is 4.79 Å². The van der Waals surface area contributed by atoms with Crippen molar-refractivity contribution in [2.24, 2.45) is 4.99 Å². The van der Waals surface area contributed by atoms with E-state index < -0.39 is 0 Å². The van der Waals surface area contributed by atoms with Crippen molar-refractivity contribution in [2.75, 3.05) is 6.54 Å². The average molecular weight is 393 g/mol. The maximum absolute atomic E-state index is 12.6. The third-order valence-corrected chi connectivity index (χ3v) is 5.22. The molecule has 0 saturated carbocycles. The Hall–Kier alpha value is -1.95. The van der Waals surface area contributed by atoms with Gasteiger partial charge in [-0.25, -0.2) is 4.99 Å².